The van der Waals surface area contributed by atoms with Crippen LogP contribution in [0, 0.1) is 0 Å². The molecule has 1 unspecified atom stereocenters. The maximum atomic E-state index is 11.4. The number of esters is 1. The monoisotopic (exact) mass is 245 g/mol. The van der Waals surface area contributed by atoms with Crippen LogP contribution in [0.4, 0.5) is 0 Å². The van der Waals surface area contributed by atoms with Gasteiger partial charge in [0, 0.05) is 6.61 Å². The van der Waals surface area contributed by atoms with Gasteiger partial charge in [0.05, 0.1) is 12.7 Å². The topological polar surface area (TPSA) is 56.8 Å². The first kappa shape index (κ1) is 14.4. The van der Waals surface area contributed by atoms with E-state index >= 15 is 0 Å². The number of carbonyl (C=O) groups is 1. The summed E-state index contributed by atoms with van der Waals surface area (Å²) in [5, 5.41) is 3.25. The van der Waals surface area contributed by atoms with Crippen LogP contribution in [0.5, 0.6) is 0 Å². The number of hydrogen-bond acceptors (Lipinski definition) is 5. The molecule has 0 spiro atoms. The molecule has 1 heterocycles. The molecular formula is C12H23NO4. The van der Waals surface area contributed by atoms with Crippen molar-refractivity contribution >= 4 is 5.97 Å². The van der Waals surface area contributed by atoms with E-state index in [-0.39, 0.29) is 24.8 Å². The van der Waals surface area contributed by atoms with Crippen LogP contribution in [-0.2, 0) is 19.0 Å². The minimum Gasteiger partial charge on any atom is -0.459 e. The van der Waals surface area contributed by atoms with E-state index in [1.807, 2.05) is 13.8 Å². The summed E-state index contributed by atoms with van der Waals surface area (Å²) in [6, 6.07) is 0. The van der Waals surface area contributed by atoms with E-state index < -0.39 is 0 Å². The summed E-state index contributed by atoms with van der Waals surface area (Å²) in [5.41, 5.74) is 0. The predicted molar refractivity (Wildman–Crippen MR) is 63.9 cm³/mol. The molecule has 1 aliphatic rings. The molecule has 0 bridgehead atoms. The van der Waals surface area contributed by atoms with Gasteiger partial charge in [-0.15, -0.1) is 0 Å². The summed E-state index contributed by atoms with van der Waals surface area (Å²) in [6.07, 6.45) is 1.90. The van der Waals surface area contributed by atoms with Crippen molar-refractivity contribution in [2.45, 2.75) is 38.9 Å². The Balaban J connectivity index is 2.07. The molecule has 5 nitrogen and oxygen atoms in total. The van der Waals surface area contributed by atoms with Crippen LogP contribution in [0.1, 0.15) is 26.7 Å². The zero-order chi connectivity index (χ0) is 12.5. The van der Waals surface area contributed by atoms with Gasteiger partial charge in [0.2, 0.25) is 0 Å². The van der Waals surface area contributed by atoms with Gasteiger partial charge in [-0.25, -0.2) is 4.79 Å². The lowest BCUT2D eigenvalue weighted by Crippen LogP contribution is -2.34. The van der Waals surface area contributed by atoms with E-state index in [1.54, 1.807) is 0 Å². The molecule has 100 valence electrons. The Morgan fingerprint density at radius 1 is 1.41 bits per heavy atom. The fourth-order valence-corrected chi connectivity index (χ4v) is 1.72. The highest BCUT2D eigenvalue weighted by Gasteiger charge is 2.16. The maximum absolute atomic E-state index is 11.4. The minimum absolute atomic E-state index is 0.0428. The van der Waals surface area contributed by atoms with Crippen molar-refractivity contribution < 1.29 is 19.0 Å². The van der Waals surface area contributed by atoms with E-state index in [4.69, 9.17) is 14.2 Å². The summed E-state index contributed by atoms with van der Waals surface area (Å²) in [5.74, 6) is -0.310. The smallest absolute Gasteiger partial charge is 0.332 e. The molecule has 17 heavy (non-hydrogen) atoms. The normalized spacial score (nSPS) is 18.9. The summed E-state index contributed by atoms with van der Waals surface area (Å²) < 4.78 is 15.8. The van der Waals surface area contributed by atoms with Crippen LogP contribution in [0.25, 0.3) is 0 Å². The fourth-order valence-electron chi connectivity index (χ4n) is 1.72. The molecule has 1 aliphatic heterocycles. The summed E-state index contributed by atoms with van der Waals surface area (Å²) in [7, 11) is 0. The second-order valence-corrected chi connectivity index (χ2v) is 4.22. The molecule has 0 aliphatic carbocycles. The fraction of sp³-hybridized carbons (Fsp3) is 0.917. The molecule has 1 rings (SSSR count). The molecule has 1 fully saturated rings. The van der Waals surface area contributed by atoms with Crippen LogP contribution < -0.4 is 5.32 Å². The lowest BCUT2D eigenvalue weighted by molar-refractivity contribution is -0.158. The van der Waals surface area contributed by atoms with Gasteiger partial charge in [-0.2, -0.15) is 0 Å². The molecule has 0 amide bonds. The van der Waals surface area contributed by atoms with Gasteiger partial charge in [0.15, 0.2) is 0 Å². The highest BCUT2D eigenvalue weighted by Crippen LogP contribution is 2.07. The Kier molecular flexibility index (Phi) is 7.16. The van der Waals surface area contributed by atoms with Crippen LogP contribution in [-0.4, -0.2) is 51.1 Å². The molecule has 0 aromatic rings. The number of piperidine rings is 1. The first-order chi connectivity index (χ1) is 8.22. The highest BCUT2D eigenvalue weighted by molar-refractivity contribution is 5.70. The van der Waals surface area contributed by atoms with Gasteiger partial charge < -0.3 is 19.5 Å². The molecule has 0 aromatic heterocycles. The largest absolute Gasteiger partial charge is 0.459 e. The van der Waals surface area contributed by atoms with Crippen molar-refractivity contribution in [3.05, 3.63) is 0 Å². The van der Waals surface area contributed by atoms with Crippen LogP contribution in [0.3, 0.4) is 0 Å². The third-order valence-corrected chi connectivity index (χ3v) is 2.61. The number of rotatable bonds is 7. The van der Waals surface area contributed by atoms with E-state index in [9.17, 15) is 4.79 Å². The van der Waals surface area contributed by atoms with Gasteiger partial charge in [-0.3, -0.25) is 0 Å². The zero-order valence-corrected chi connectivity index (χ0v) is 10.7. The summed E-state index contributed by atoms with van der Waals surface area (Å²) in [4.78, 5) is 11.4. The molecule has 1 saturated heterocycles. The molecule has 5 heteroatoms. The maximum Gasteiger partial charge on any atom is 0.332 e. The Morgan fingerprint density at radius 2 is 2.12 bits per heavy atom. The molecule has 0 aromatic carbocycles. The Labute approximate surface area is 103 Å². The first-order valence-corrected chi connectivity index (χ1v) is 6.32. The third kappa shape index (κ3) is 6.61. The van der Waals surface area contributed by atoms with Crippen LogP contribution >= 0.6 is 0 Å². The number of hydrogen-bond donors (Lipinski definition) is 1. The second kappa shape index (κ2) is 8.44. The summed E-state index contributed by atoms with van der Waals surface area (Å²) in [6.45, 7) is 6.76. The molecule has 0 saturated carbocycles. The molecule has 0 radical (unpaired) electrons. The van der Waals surface area contributed by atoms with E-state index in [0.29, 0.717) is 13.2 Å². The second-order valence-electron chi connectivity index (χ2n) is 4.22. The Bertz CT molecular complexity index is 217. The lowest BCUT2D eigenvalue weighted by atomic mass is 10.1. The Morgan fingerprint density at radius 3 is 2.76 bits per heavy atom. The standard InChI is InChI=1S/C12H23NO4/c1-3-15-8-10(2)17-12(14)9-16-11-4-6-13-7-5-11/h10-11,13H,3-9H2,1-2H3. The quantitative estimate of drug-likeness (QED) is 0.670. The SMILES string of the molecule is CCOCC(C)OC(=O)COC1CCNCC1. The van der Waals surface area contributed by atoms with Crippen molar-refractivity contribution in [3.8, 4) is 0 Å². The molecule has 1 N–H and O–H groups in total. The van der Waals surface area contributed by atoms with Crippen LogP contribution in [0.15, 0.2) is 0 Å². The van der Waals surface area contributed by atoms with E-state index in [0.717, 1.165) is 25.9 Å². The van der Waals surface area contributed by atoms with Gasteiger partial charge >= 0.3 is 5.97 Å². The van der Waals surface area contributed by atoms with Gasteiger partial charge in [-0.1, -0.05) is 0 Å². The number of carbonyl (C=O) groups excluding carboxylic acids is 1. The minimum atomic E-state index is -0.310. The molecular weight excluding hydrogens is 222 g/mol. The molecule has 1 atom stereocenters. The van der Waals surface area contributed by atoms with Gasteiger partial charge in [-0.05, 0) is 39.8 Å². The highest BCUT2D eigenvalue weighted by atomic mass is 16.6. The summed E-state index contributed by atoms with van der Waals surface area (Å²) >= 11 is 0. The van der Waals surface area contributed by atoms with E-state index in [1.165, 1.54) is 0 Å². The number of ether oxygens (including phenoxy) is 3. The van der Waals surface area contributed by atoms with Crippen molar-refractivity contribution in [1.29, 1.82) is 0 Å². The predicted octanol–water partition coefficient (Wildman–Crippen LogP) is 0.723. The average molecular weight is 245 g/mol. The van der Waals surface area contributed by atoms with E-state index in [2.05, 4.69) is 5.32 Å². The Hall–Kier alpha value is -0.650. The van der Waals surface area contributed by atoms with Crippen molar-refractivity contribution in [2.24, 2.45) is 0 Å². The van der Waals surface area contributed by atoms with Crippen LogP contribution in [0.2, 0.25) is 0 Å². The lowest BCUT2D eigenvalue weighted by Gasteiger charge is -2.22. The van der Waals surface area contributed by atoms with Gasteiger partial charge in [0.1, 0.15) is 12.7 Å². The van der Waals surface area contributed by atoms with Crippen molar-refractivity contribution in [2.75, 3.05) is 32.9 Å². The first-order valence-electron chi connectivity index (χ1n) is 6.32. The zero-order valence-electron chi connectivity index (χ0n) is 10.7. The van der Waals surface area contributed by atoms with Crippen molar-refractivity contribution in [1.82, 2.24) is 5.32 Å². The van der Waals surface area contributed by atoms with Crippen molar-refractivity contribution in [3.63, 3.8) is 0 Å². The third-order valence-electron chi connectivity index (χ3n) is 2.61. The number of nitrogens with one attached hydrogen (secondary N) is 1. The van der Waals surface area contributed by atoms with Gasteiger partial charge in [0.25, 0.3) is 0 Å². The average Bonchev–Trinajstić information content (AvgIpc) is 2.35.